The number of aryl methyl sites for hydroxylation is 1. The average Bonchev–Trinajstić information content (AvgIpc) is 3.03. The number of aromatic nitrogens is 4. The van der Waals surface area contributed by atoms with Crippen molar-refractivity contribution in [3.8, 4) is 11.1 Å². The molecule has 3 aromatic rings. The molecule has 0 saturated carbocycles. The van der Waals surface area contributed by atoms with Crippen molar-refractivity contribution in [2.75, 3.05) is 0 Å². The predicted octanol–water partition coefficient (Wildman–Crippen LogP) is 2.26. The van der Waals surface area contributed by atoms with E-state index < -0.39 is 12.0 Å². The molecule has 3 heterocycles. The smallest absolute Gasteiger partial charge is 0.322 e. The number of rotatable bonds is 4. The van der Waals surface area contributed by atoms with Crippen LogP contribution in [0.25, 0.3) is 11.1 Å². The van der Waals surface area contributed by atoms with E-state index in [2.05, 4.69) is 15.2 Å². The average molecular weight is 367 g/mol. The summed E-state index contributed by atoms with van der Waals surface area (Å²) in [5.41, 5.74) is 2.08. The molecule has 1 unspecified atom stereocenters. The Morgan fingerprint density at radius 3 is 2.70 bits per heavy atom. The van der Waals surface area contributed by atoms with Crippen LogP contribution in [0.15, 0.2) is 42.7 Å². The van der Waals surface area contributed by atoms with E-state index in [-0.39, 0.29) is 18.9 Å². The van der Waals surface area contributed by atoms with Gasteiger partial charge >= 0.3 is 5.97 Å². The van der Waals surface area contributed by atoms with Crippen molar-refractivity contribution in [2.24, 2.45) is 0 Å². The van der Waals surface area contributed by atoms with Gasteiger partial charge in [0.15, 0.2) is 0 Å². The highest BCUT2D eigenvalue weighted by molar-refractivity contribution is 5.73. The van der Waals surface area contributed by atoms with Crippen LogP contribution in [-0.2, 0) is 24.4 Å². The number of carbonyl (C=O) groups is 1. The third-order valence-electron chi connectivity index (χ3n) is 4.88. The quantitative estimate of drug-likeness (QED) is 0.761. The van der Waals surface area contributed by atoms with Gasteiger partial charge in [0.25, 0.3) is 0 Å². The first-order valence-corrected chi connectivity index (χ1v) is 8.57. The lowest BCUT2D eigenvalue weighted by molar-refractivity contribution is -0.145. The molecule has 1 aromatic carbocycles. The van der Waals surface area contributed by atoms with Crippen LogP contribution in [0.4, 0.5) is 4.39 Å². The number of pyridine rings is 1. The van der Waals surface area contributed by atoms with Gasteiger partial charge in [0.05, 0.1) is 13.1 Å². The molecule has 8 heteroatoms. The first kappa shape index (κ1) is 17.3. The van der Waals surface area contributed by atoms with Gasteiger partial charge in [0.1, 0.15) is 23.5 Å². The molecule has 1 aliphatic heterocycles. The second kappa shape index (κ2) is 6.88. The van der Waals surface area contributed by atoms with E-state index in [0.717, 1.165) is 11.1 Å². The van der Waals surface area contributed by atoms with Crippen molar-refractivity contribution in [2.45, 2.75) is 32.6 Å². The fourth-order valence-corrected chi connectivity index (χ4v) is 3.38. The molecule has 1 atom stereocenters. The SMILES string of the molecule is Cc1nnc2n1CC(C(=O)O)N(Cc1ccc(-c3ccncc3)cc1F)C2. The number of aliphatic carboxylic acids is 1. The number of carboxylic acids is 1. The topological polar surface area (TPSA) is 84.1 Å². The third-order valence-corrected chi connectivity index (χ3v) is 4.88. The number of hydrogen-bond acceptors (Lipinski definition) is 5. The van der Waals surface area contributed by atoms with Gasteiger partial charge in [-0.3, -0.25) is 14.7 Å². The minimum absolute atomic E-state index is 0.186. The largest absolute Gasteiger partial charge is 0.480 e. The first-order chi connectivity index (χ1) is 13.0. The summed E-state index contributed by atoms with van der Waals surface area (Å²) in [6, 6.07) is 7.88. The van der Waals surface area contributed by atoms with Gasteiger partial charge in [-0.15, -0.1) is 10.2 Å². The predicted molar refractivity (Wildman–Crippen MR) is 95.1 cm³/mol. The Hall–Kier alpha value is -3.13. The lowest BCUT2D eigenvalue weighted by atomic mass is 10.0. The Kier molecular flexibility index (Phi) is 4.41. The van der Waals surface area contributed by atoms with Crippen LogP contribution in [0.1, 0.15) is 17.2 Å². The van der Waals surface area contributed by atoms with Gasteiger partial charge in [-0.1, -0.05) is 12.1 Å². The van der Waals surface area contributed by atoms with Crippen LogP contribution < -0.4 is 0 Å². The zero-order valence-electron chi connectivity index (χ0n) is 14.7. The lowest BCUT2D eigenvalue weighted by Gasteiger charge is -2.33. The summed E-state index contributed by atoms with van der Waals surface area (Å²) in [7, 11) is 0. The number of fused-ring (bicyclic) bond motifs is 1. The fraction of sp³-hybridized carbons (Fsp3) is 0.263. The van der Waals surface area contributed by atoms with Gasteiger partial charge in [0.2, 0.25) is 0 Å². The Bertz CT molecular complexity index is 989. The van der Waals surface area contributed by atoms with Gasteiger partial charge in [0, 0.05) is 24.5 Å². The second-order valence-electron chi connectivity index (χ2n) is 6.58. The molecule has 0 aliphatic carbocycles. The van der Waals surface area contributed by atoms with Crippen LogP contribution in [0.2, 0.25) is 0 Å². The molecule has 0 bridgehead atoms. The van der Waals surface area contributed by atoms with Crippen molar-refractivity contribution >= 4 is 5.97 Å². The molecular formula is C19H18FN5O2. The summed E-state index contributed by atoms with van der Waals surface area (Å²) in [5, 5.41) is 17.7. The molecular weight excluding hydrogens is 349 g/mol. The van der Waals surface area contributed by atoms with Crippen LogP contribution in [0.3, 0.4) is 0 Å². The van der Waals surface area contributed by atoms with Crippen LogP contribution >= 0.6 is 0 Å². The summed E-state index contributed by atoms with van der Waals surface area (Å²) in [6.07, 6.45) is 3.31. The highest BCUT2D eigenvalue weighted by atomic mass is 19.1. The number of hydrogen-bond donors (Lipinski definition) is 1. The molecule has 0 amide bonds. The highest BCUT2D eigenvalue weighted by Gasteiger charge is 2.33. The van der Waals surface area contributed by atoms with E-state index >= 15 is 0 Å². The van der Waals surface area contributed by atoms with E-state index in [0.29, 0.717) is 23.8 Å². The first-order valence-electron chi connectivity index (χ1n) is 8.57. The molecule has 4 rings (SSSR count). The number of halogens is 1. The van der Waals surface area contributed by atoms with E-state index in [1.165, 1.54) is 6.07 Å². The van der Waals surface area contributed by atoms with Crippen LogP contribution in [-0.4, -0.2) is 41.8 Å². The maximum atomic E-state index is 14.7. The molecule has 0 radical (unpaired) electrons. The zero-order chi connectivity index (χ0) is 19.0. The van der Waals surface area contributed by atoms with E-state index in [1.54, 1.807) is 34.9 Å². The highest BCUT2D eigenvalue weighted by Crippen LogP contribution is 2.25. The minimum Gasteiger partial charge on any atom is -0.480 e. The fourth-order valence-electron chi connectivity index (χ4n) is 3.38. The maximum Gasteiger partial charge on any atom is 0.322 e. The van der Waals surface area contributed by atoms with Crippen LogP contribution in [0, 0.1) is 12.7 Å². The van der Waals surface area contributed by atoms with Crippen molar-refractivity contribution in [1.82, 2.24) is 24.6 Å². The summed E-state index contributed by atoms with van der Waals surface area (Å²) in [6.45, 7) is 2.54. The molecule has 1 N–H and O–H groups in total. The number of nitrogens with zero attached hydrogens (tertiary/aromatic N) is 5. The molecule has 0 fully saturated rings. The number of benzene rings is 1. The summed E-state index contributed by atoms with van der Waals surface area (Å²) in [4.78, 5) is 17.4. The zero-order valence-corrected chi connectivity index (χ0v) is 14.7. The lowest BCUT2D eigenvalue weighted by Crippen LogP contribution is -2.47. The molecule has 0 spiro atoms. The third kappa shape index (κ3) is 3.31. The van der Waals surface area contributed by atoms with Gasteiger partial charge in [-0.25, -0.2) is 4.39 Å². The van der Waals surface area contributed by atoms with Crippen molar-refractivity contribution in [3.05, 3.63) is 65.8 Å². The Morgan fingerprint density at radius 2 is 2.00 bits per heavy atom. The molecule has 138 valence electrons. The Balaban J connectivity index is 1.60. The Morgan fingerprint density at radius 1 is 1.22 bits per heavy atom. The summed E-state index contributed by atoms with van der Waals surface area (Å²) >= 11 is 0. The summed E-state index contributed by atoms with van der Waals surface area (Å²) in [5.74, 6) is 0.0711. The maximum absolute atomic E-state index is 14.7. The van der Waals surface area contributed by atoms with Crippen molar-refractivity contribution in [1.29, 1.82) is 0 Å². The molecule has 0 saturated heterocycles. The van der Waals surface area contributed by atoms with Crippen LogP contribution in [0.5, 0.6) is 0 Å². The van der Waals surface area contributed by atoms with Crippen molar-refractivity contribution < 1.29 is 14.3 Å². The van der Waals surface area contributed by atoms with E-state index in [9.17, 15) is 14.3 Å². The normalized spacial score (nSPS) is 16.9. The van der Waals surface area contributed by atoms with Gasteiger partial charge < -0.3 is 9.67 Å². The molecule has 7 nitrogen and oxygen atoms in total. The number of carboxylic acid groups (broad SMARTS) is 1. The minimum atomic E-state index is -0.942. The second-order valence-corrected chi connectivity index (χ2v) is 6.58. The molecule has 1 aliphatic rings. The summed E-state index contributed by atoms with van der Waals surface area (Å²) < 4.78 is 16.5. The van der Waals surface area contributed by atoms with Crippen molar-refractivity contribution in [3.63, 3.8) is 0 Å². The van der Waals surface area contributed by atoms with E-state index in [4.69, 9.17) is 0 Å². The Labute approximate surface area is 155 Å². The van der Waals surface area contributed by atoms with E-state index in [1.807, 2.05) is 18.2 Å². The standard InChI is InChI=1S/C19H18FN5O2/c1-12-22-23-18-11-24(17(19(26)27)10-25(12)18)9-15-3-2-14(8-16(15)20)13-4-6-21-7-5-13/h2-8,17H,9-11H2,1H3,(H,26,27). The molecule has 27 heavy (non-hydrogen) atoms. The monoisotopic (exact) mass is 367 g/mol. The van der Waals surface area contributed by atoms with Gasteiger partial charge in [-0.05, 0) is 36.2 Å². The molecule has 2 aromatic heterocycles. The van der Waals surface area contributed by atoms with Gasteiger partial charge in [-0.2, -0.15) is 0 Å².